The van der Waals surface area contributed by atoms with Gasteiger partial charge in [0, 0.05) is 6.07 Å². The maximum absolute atomic E-state index is 11.2. The van der Waals surface area contributed by atoms with E-state index in [0.717, 1.165) is 17.4 Å². The summed E-state index contributed by atoms with van der Waals surface area (Å²) < 4.78 is 5.81. The quantitative estimate of drug-likeness (QED) is 0.495. The summed E-state index contributed by atoms with van der Waals surface area (Å²) in [4.78, 5) is 11.1. The lowest BCUT2D eigenvalue weighted by atomic mass is 10.2. The van der Waals surface area contributed by atoms with Gasteiger partial charge in [0.05, 0.1) is 34.2 Å². The van der Waals surface area contributed by atoms with Gasteiger partial charge in [0.25, 0.3) is 5.69 Å². The monoisotopic (exact) mass is 385 g/mol. The molecule has 0 aliphatic heterocycles. The fourth-order valence-corrected chi connectivity index (χ4v) is 3.88. The van der Waals surface area contributed by atoms with Gasteiger partial charge in [-0.05, 0) is 36.0 Å². The molecule has 0 aliphatic rings. The number of nitro benzene ring substituents is 1. The third kappa shape index (κ3) is 3.90. The minimum atomic E-state index is -0.516. The SMILES string of the molecule is COc1ccccc1Nc1nnc(Sc2ccc(C#N)cc2[N+](=O)[O-])s1. The fourth-order valence-electron chi connectivity index (χ4n) is 2.07. The number of nitriles is 1. The van der Waals surface area contributed by atoms with Crippen molar-refractivity contribution in [1.29, 1.82) is 5.26 Å². The van der Waals surface area contributed by atoms with Crippen LogP contribution in [-0.4, -0.2) is 22.2 Å². The van der Waals surface area contributed by atoms with E-state index in [2.05, 4.69) is 15.5 Å². The summed E-state index contributed by atoms with van der Waals surface area (Å²) in [6.07, 6.45) is 0. The number of aromatic nitrogens is 2. The third-order valence-electron chi connectivity index (χ3n) is 3.24. The molecule has 0 saturated heterocycles. The van der Waals surface area contributed by atoms with Gasteiger partial charge in [-0.3, -0.25) is 10.1 Å². The standard InChI is InChI=1S/C16H11N5O3S2/c1-24-13-5-3-2-4-11(13)18-15-19-20-16(26-15)25-14-7-6-10(9-17)8-12(14)21(22)23/h2-8H,1H3,(H,18,19). The Bertz CT molecular complexity index is 1000. The van der Waals surface area contributed by atoms with Gasteiger partial charge in [0.2, 0.25) is 5.13 Å². The van der Waals surface area contributed by atoms with Gasteiger partial charge in [0.15, 0.2) is 4.34 Å². The number of benzene rings is 2. The van der Waals surface area contributed by atoms with Crippen molar-refractivity contribution >= 4 is 39.6 Å². The summed E-state index contributed by atoms with van der Waals surface area (Å²) in [7, 11) is 1.58. The van der Waals surface area contributed by atoms with Crippen LogP contribution >= 0.6 is 23.1 Å². The van der Waals surface area contributed by atoms with Gasteiger partial charge in [-0.1, -0.05) is 23.5 Å². The topological polar surface area (TPSA) is 114 Å². The zero-order chi connectivity index (χ0) is 18.5. The first-order chi connectivity index (χ1) is 12.6. The summed E-state index contributed by atoms with van der Waals surface area (Å²) >= 11 is 2.38. The average molecular weight is 385 g/mol. The first-order valence-electron chi connectivity index (χ1n) is 7.20. The maximum atomic E-state index is 11.2. The number of anilines is 2. The predicted octanol–water partition coefficient (Wildman–Crippen LogP) is 4.22. The summed E-state index contributed by atoms with van der Waals surface area (Å²) in [6, 6.07) is 13.6. The summed E-state index contributed by atoms with van der Waals surface area (Å²) in [5.74, 6) is 0.666. The maximum Gasteiger partial charge on any atom is 0.284 e. The van der Waals surface area contributed by atoms with Crippen LogP contribution in [0.5, 0.6) is 5.75 Å². The van der Waals surface area contributed by atoms with Gasteiger partial charge in [-0.15, -0.1) is 10.2 Å². The van der Waals surface area contributed by atoms with Crippen LogP contribution < -0.4 is 10.1 Å². The van der Waals surface area contributed by atoms with E-state index in [-0.39, 0.29) is 11.3 Å². The molecule has 3 rings (SSSR count). The molecule has 2 aromatic carbocycles. The average Bonchev–Trinajstić information content (AvgIpc) is 3.09. The highest BCUT2D eigenvalue weighted by atomic mass is 32.2. The summed E-state index contributed by atoms with van der Waals surface area (Å²) in [6.45, 7) is 0. The van der Waals surface area contributed by atoms with E-state index in [0.29, 0.717) is 20.1 Å². The van der Waals surface area contributed by atoms with Crippen LogP contribution in [0.1, 0.15) is 5.56 Å². The highest BCUT2D eigenvalue weighted by molar-refractivity contribution is 8.01. The number of nitro groups is 1. The van der Waals surface area contributed by atoms with Crippen LogP contribution in [0.25, 0.3) is 0 Å². The Morgan fingerprint density at radius 3 is 2.85 bits per heavy atom. The molecule has 0 aliphatic carbocycles. The van der Waals surface area contributed by atoms with Crippen LogP contribution in [0.2, 0.25) is 0 Å². The number of ether oxygens (including phenoxy) is 1. The molecule has 8 nitrogen and oxygen atoms in total. The molecule has 0 radical (unpaired) electrons. The lowest BCUT2D eigenvalue weighted by Gasteiger charge is -2.07. The molecule has 1 N–H and O–H groups in total. The van der Waals surface area contributed by atoms with Crippen LogP contribution in [0.15, 0.2) is 51.7 Å². The Morgan fingerprint density at radius 1 is 1.31 bits per heavy atom. The fraction of sp³-hybridized carbons (Fsp3) is 0.0625. The molecule has 3 aromatic rings. The Morgan fingerprint density at radius 2 is 2.12 bits per heavy atom. The Labute approximate surface area is 156 Å². The second-order valence-corrected chi connectivity index (χ2v) is 7.12. The number of hydrogen-bond donors (Lipinski definition) is 1. The minimum Gasteiger partial charge on any atom is -0.495 e. The molecular formula is C16H11N5O3S2. The molecule has 0 fully saturated rings. The van der Waals surface area contributed by atoms with E-state index < -0.39 is 4.92 Å². The normalized spacial score (nSPS) is 10.2. The first-order valence-corrected chi connectivity index (χ1v) is 8.84. The van der Waals surface area contributed by atoms with Crippen molar-refractivity contribution in [3.05, 3.63) is 58.1 Å². The highest BCUT2D eigenvalue weighted by Crippen LogP contribution is 2.38. The molecule has 0 saturated carbocycles. The molecule has 0 atom stereocenters. The van der Waals surface area contributed by atoms with Gasteiger partial charge >= 0.3 is 0 Å². The second-order valence-electron chi connectivity index (χ2n) is 4.85. The third-order valence-corrected chi connectivity index (χ3v) is 5.19. The van der Waals surface area contributed by atoms with Gasteiger partial charge < -0.3 is 10.1 Å². The highest BCUT2D eigenvalue weighted by Gasteiger charge is 2.18. The number of hydrogen-bond acceptors (Lipinski definition) is 9. The lowest BCUT2D eigenvalue weighted by Crippen LogP contribution is -1.93. The molecule has 26 heavy (non-hydrogen) atoms. The van der Waals surface area contributed by atoms with Crippen molar-refractivity contribution in [1.82, 2.24) is 10.2 Å². The minimum absolute atomic E-state index is 0.136. The van der Waals surface area contributed by atoms with Crippen molar-refractivity contribution in [3.63, 3.8) is 0 Å². The molecule has 0 unspecified atom stereocenters. The van der Waals surface area contributed by atoms with Crippen LogP contribution in [0.4, 0.5) is 16.5 Å². The molecule has 10 heteroatoms. The van der Waals surface area contributed by atoms with Gasteiger partial charge in [-0.25, -0.2) is 0 Å². The Kier molecular flexibility index (Phi) is 5.31. The zero-order valence-corrected chi connectivity index (χ0v) is 15.0. The van der Waals surface area contributed by atoms with Crippen molar-refractivity contribution in [2.24, 2.45) is 0 Å². The number of rotatable bonds is 6. The summed E-state index contributed by atoms with van der Waals surface area (Å²) in [5, 5.41) is 31.9. The van der Waals surface area contributed by atoms with Gasteiger partial charge in [0.1, 0.15) is 5.75 Å². The van der Waals surface area contributed by atoms with Gasteiger partial charge in [-0.2, -0.15) is 5.26 Å². The predicted molar refractivity (Wildman–Crippen MR) is 98.1 cm³/mol. The van der Waals surface area contributed by atoms with Crippen LogP contribution in [0, 0.1) is 21.4 Å². The zero-order valence-electron chi connectivity index (χ0n) is 13.4. The second kappa shape index (κ2) is 7.81. The molecule has 0 bridgehead atoms. The van der Waals surface area contributed by atoms with Crippen molar-refractivity contribution in [3.8, 4) is 11.8 Å². The molecule has 130 valence electrons. The molecular weight excluding hydrogens is 374 g/mol. The van der Waals surface area contributed by atoms with E-state index in [9.17, 15) is 10.1 Å². The van der Waals surface area contributed by atoms with Crippen molar-refractivity contribution < 1.29 is 9.66 Å². The number of nitrogens with one attached hydrogen (secondary N) is 1. The number of nitrogens with zero attached hydrogens (tertiary/aromatic N) is 4. The largest absolute Gasteiger partial charge is 0.495 e. The Balaban J connectivity index is 1.81. The summed E-state index contributed by atoms with van der Waals surface area (Å²) in [5.41, 5.74) is 0.840. The van der Waals surface area contributed by atoms with E-state index >= 15 is 0 Å². The smallest absolute Gasteiger partial charge is 0.284 e. The molecule has 0 amide bonds. The van der Waals surface area contributed by atoms with Crippen LogP contribution in [0.3, 0.4) is 0 Å². The van der Waals surface area contributed by atoms with Crippen molar-refractivity contribution in [2.75, 3.05) is 12.4 Å². The molecule has 1 heterocycles. The van der Waals surface area contributed by atoms with E-state index in [1.807, 2.05) is 30.3 Å². The molecule has 0 spiro atoms. The van der Waals surface area contributed by atoms with E-state index in [1.165, 1.54) is 29.5 Å². The van der Waals surface area contributed by atoms with E-state index in [1.54, 1.807) is 7.11 Å². The number of methoxy groups -OCH3 is 1. The molecule has 1 aromatic heterocycles. The van der Waals surface area contributed by atoms with Crippen molar-refractivity contribution in [2.45, 2.75) is 9.24 Å². The Hall–Kier alpha value is -3.16. The lowest BCUT2D eigenvalue weighted by molar-refractivity contribution is -0.387. The van der Waals surface area contributed by atoms with E-state index in [4.69, 9.17) is 10.00 Å². The number of para-hydroxylation sites is 2. The first kappa shape index (κ1) is 17.7. The van der Waals surface area contributed by atoms with Crippen LogP contribution in [-0.2, 0) is 0 Å².